The number of aromatic carboxylic acids is 1. The van der Waals surface area contributed by atoms with Gasteiger partial charge in [0.15, 0.2) is 0 Å². The Morgan fingerprint density at radius 1 is 1.53 bits per heavy atom. The lowest BCUT2D eigenvalue weighted by molar-refractivity contribution is 0.0697. The van der Waals surface area contributed by atoms with Crippen LogP contribution >= 0.6 is 0 Å². The quantitative estimate of drug-likeness (QED) is 0.701. The third kappa shape index (κ3) is 4.40. The number of nitrogens with zero attached hydrogens (tertiary/aromatic N) is 1. The number of nitrogens with one attached hydrogen (secondary N) is 1. The van der Waals surface area contributed by atoms with Crippen LogP contribution in [0.4, 0.5) is 5.69 Å². The minimum Gasteiger partial charge on any atom is -0.478 e. The van der Waals surface area contributed by atoms with Gasteiger partial charge in [0.25, 0.3) is 0 Å². The van der Waals surface area contributed by atoms with Crippen molar-refractivity contribution < 1.29 is 15.0 Å². The monoisotopic (exact) mass is 238 g/mol. The molecule has 0 spiro atoms. The smallest absolute Gasteiger partial charge is 0.337 e. The maximum atomic E-state index is 10.9. The Balaban J connectivity index is 2.60. The second-order valence-electron chi connectivity index (χ2n) is 4.39. The summed E-state index contributed by atoms with van der Waals surface area (Å²) < 4.78 is 0. The summed E-state index contributed by atoms with van der Waals surface area (Å²) >= 11 is 0. The molecule has 1 heterocycles. The minimum atomic E-state index is -1.01. The molecule has 0 aliphatic carbocycles. The minimum absolute atomic E-state index is 0.164. The lowest BCUT2D eigenvalue weighted by atomic mass is 10.1. The number of hydrogen-bond acceptors (Lipinski definition) is 4. The molecule has 1 unspecified atom stereocenters. The van der Waals surface area contributed by atoms with Crippen molar-refractivity contribution in [1.82, 2.24) is 4.98 Å². The first-order chi connectivity index (χ1) is 8.00. The van der Waals surface area contributed by atoms with Gasteiger partial charge in [0.05, 0.1) is 23.6 Å². The van der Waals surface area contributed by atoms with Gasteiger partial charge in [0.1, 0.15) is 0 Å². The summed E-state index contributed by atoms with van der Waals surface area (Å²) in [7, 11) is 0. The van der Waals surface area contributed by atoms with E-state index >= 15 is 0 Å². The fraction of sp³-hybridized carbons (Fsp3) is 0.500. The fourth-order valence-corrected chi connectivity index (χ4v) is 1.58. The Labute approximate surface area is 101 Å². The van der Waals surface area contributed by atoms with Crippen molar-refractivity contribution in [2.24, 2.45) is 5.92 Å². The van der Waals surface area contributed by atoms with Crippen molar-refractivity contribution in [3.05, 3.63) is 24.0 Å². The van der Waals surface area contributed by atoms with Gasteiger partial charge in [-0.3, -0.25) is 4.98 Å². The van der Waals surface area contributed by atoms with Crippen LogP contribution in [0, 0.1) is 5.92 Å². The summed E-state index contributed by atoms with van der Waals surface area (Å²) in [6.07, 6.45) is 3.07. The summed E-state index contributed by atoms with van der Waals surface area (Å²) in [5.41, 5.74) is 0.597. The van der Waals surface area contributed by atoms with Crippen molar-refractivity contribution in [1.29, 1.82) is 0 Å². The summed E-state index contributed by atoms with van der Waals surface area (Å²) in [4.78, 5) is 14.8. The molecule has 0 aromatic carbocycles. The second kappa shape index (κ2) is 6.20. The van der Waals surface area contributed by atoms with Crippen LogP contribution in [0.2, 0.25) is 0 Å². The first-order valence-corrected chi connectivity index (χ1v) is 5.60. The largest absolute Gasteiger partial charge is 0.478 e. The van der Waals surface area contributed by atoms with E-state index in [4.69, 9.17) is 5.11 Å². The average Bonchev–Trinajstić information content (AvgIpc) is 2.25. The van der Waals surface area contributed by atoms with E-state index in [0.29, 0.717) is 24.6 Å². The van der Waals surface area contributed by atoms with Crippen LogP contribution < -0.4 is 5.32 Å². The number of carbonyl (C=O) groups is 1. The molecular formula is C12H18N2O3. The maximum Gasteiger partial charge on any atom is 0.337 e. The molecule has 5 heteroatoms. The van der Waals surface area contributed by atoms with E-state index in [-0.39, 0.29) is 5.56 Å². The van der Waals surface area contributed by atoms with Gasteiger partial charge in [-0.1, -0.05) is 13.8 Å². The number of carboxylic acids is 1. The van der Waals surface area contributed by atoms with E-state index in [9.17, 15) is 9.90 Å². The van der Waals surface area contributed by atoms with Crippen LogP contribution in [0.1, 0.15) is 30.6 Å². The zero-order valence-electron chi connectivity index (χ0n) is 10.1. The number of rotatable bonds is 6. The van der Waals surface area contributed by atoms with Gasteiger partial charge in [-0.2, -0.15) is 0 Å². The van der Waals surface area contributed by atoms with Crippen LogP contribution in [0.25, 0.3) is 0 Å². The van der Waals surface area contributed by atoms with Gasteiger partial charge < -0.3 is 15.5 Å². The molecule has 0 bridgehead atoms. The zero-order chi connectivity index (χ0) is 12.8. The number of aromatic nitrogens is 1. The highest BCUT2D eigenvalue weighted by Crippen LogP contribution is 2.14. The van der Waals surface area contributed by atoms with Crippen molar-refractivity contribution in [3.63, 3.8) is 0 Å². The molecule has 0 aliphatic rings. The van der Waals surface area contributed by atoms with Crippen LogP contribution in [-0.4, -0.2) is 33.8 Å². The molecule has 5 nitrogen and oxygen atoms in total. The molecule has 0 fully saturated rings. The molecule has 1 rings (SSSR count). The number of aliphatic hydroxyl groups is 1. The highest BCUT2D eigenvalue weighted by atomic mass is 16.4. The number of aliphatic hydroxyl groups excluding tert-OH is 1. The number of anilines is 1. The maximum absolute atomic E-state index is 10.9. The first kappa shape index (κ1) is 13.4. The molecule has 3 N–H and O–H groups in total. The molecule has 0 aliphatic heterocycles. The number of pyridine rings is 1. The summed E-state index contributed by atoms with van der Waals surface area (Å²) in [5, 5.41) is 21.5. The number of carboxylic acid groups (broad SMARTS) is 1. The zero-order valence-corrected chi connectivity index (χ0v) is 10.1. The Hall–Kier alpha value is -1.62. The van der Waals surface area contributed by atoms with E-state index in [1.165, 1.54) is 18.5 Å². The number of hydrogen-bond donors (Lipinski definition) is 3. The van der Waals surface area contributed by atoms with Crippen LogP contribution in [-0.2, 0) is 0 Å². The van der Waals surface area contributed by atoms with Crippen LogP contribution in [0.15, 0.2) is 18.5 Å². The normalized spacial score (nSPS) is 12.5. The van der Waals surface area contributed by atoms with E-state index in [1.54, 1.807) is 0 Å². The van der Waals surface area contributed by atoms with Gasteiger partial charge in [-0.05, 0) is 18.4 Å². The highest BCUT2D eigenvalue weighted by Gasteiger charge is 2.11. The molecular weight excluding hydrogens is 220 g/mol. The van der Waals surface area contributed by atoms with Gasteiger partial charge >= 0.3 is 5.97 Å². The SMILES string of the molecule is CC(C)CC(O)CNc1cnccc1C(=O)O. The molecule has 17 heavy (non-hydrogen) atoms. The third-order valence-electron chi connectivity index (χ3n) is 2.32. The van der Waals surface area contributed by atoms with Crippen molar-refractivity contribution in [2.75, 3.05) is 11.9 Å². The Morgan fingerprint density at radius 2 is 2.24 bits per heavy atom. The van der Waals surface area contributed by atoms with Crippen molar-refractivity contribution in [3.8, 4) is 0 Å². The second-order valence-corrected chi connectivity index (χ2v) is 4.39. The van der Waals surface area contributed by atoms with Crippen molar-refractivity contribution >= 4 is 11.7 Å². The van der Waals surface area contributed by atoms with Gasteiger partial charge in [-0.15, -0.1) is 0 Å². The van der Waals surface area contributed by atoms with Gasteiger partial charge in [0, 0.05) is 12.7 Å². The standard InChI is InChI=1S/C12H18N2O3/c1-8(2)5-9(15)6-14-11-7-13-4-3-10(11)12(16)17/h3-4,7-9,14-15H,5-6H2,1-2H3,(H,16,17). The molecule has 1 aromatic rings. The van der Waals surface area contributed by atoms with Crippen LogP contribution in [0.5, 0.6) is 0 Å². The van der Waals surface area contributed by atoms with Crippen molar-refractivity contribution in [2.45, 2.75) is 26.4 Å². The Bertz CT molecular complexity index is 380. The summed E-state index contributed by atoms with van der Waals surface area (Å²) in [5.74, 6) is -0.604. The summed E-state index contributed by atoms with van der Waals surface area (Å²) in [6, 6.07) is 1.43. The average molecular weight is 238 g/mol. The van der Waals surface area contributed by atoms with Crippen LogP contribution in [0.3, 0.4) is 0 Å². The lowest BCUT2D eigenvalue weighted by Crippen LogP contribution is -2.22. The molecule has 0 radical (unpaired) electrons. The van der Waals surface area contributed by atoms with E-state index in [2.05, 4.69) is 10.3 Å². The summed E-state index contributed by atoms with van der Waals surface area (Å²) in [6.45, 7) is 4.37. The fourth-order valence-electron chi connectivity index (χ4n) is 1.58. The van der Waals surface area contributed by atoms with Gasteiger partial charge in [0.2, 0.25) is 0 Å². The lowest BCUT2D eigenvalue weighted by Gasteiger charge is -2.15. The van der Waals surface area contributed by atoms with E-state index in [1.807, 2.05) is 13.8 Å². The molecule has 1 aromatic heterocycles. The first-order valence-electron chi connectivity index (χ1n) is 5.60. The third-order valence-corrected chi connectivity index (χ3v) is 2.32. The van der Waals surface area contributed by atoms with E-state index in [0.717, 1.165) is 0 Å². The Kier molecular flexibility index (Phi) is 4.90. The highest BCUT2D eigenvalue weighted by molar-refractivity contribution is 5.93. The molecule has 0 saturated heterocycles. The predicted octanol–water partition coefficient (Wildman–Crippen LogP) is 1.60. The predicted molar refractivity (Wildman–Crippen MR) is 65.1 cm³/mol. The molecule has 1 atom stereocenters. The Morgan fingerprint density at radius 3 is 2.82 bits per heavy atom. The molecule has 94 valence electrons. The van der Waals surface area contributed by atoms with Gasteiger partial charge in [-0.25, -0.2) is 4.79 Å². The topological polar surface area (TPSA) is 82.5 Å². The van der Waals surface area contributed by atoms with E-state index < -0.39 is 12.1 Å². The molecule has 0 amide bonds. The molecule has 0 saturated carbocycles.